The molecule has 5 rings (SSSR count). The molecule has 4 aromatic carbocycles. The summed E-state index contributed by atoms with van der Waals surface area (Å²) in [6.45, 7) is 0. The second-order valence-corrected chi connectivity index (χ2v) is 6.95. The van der Waals surface area contributed by atoms with Crippen LogP contribution in [0, 0.1) is 5.82 Å². The molecular formula is C24H15ClFN. The molecule has 130 valence electrons. The average molecular weight is 372 g/mol. The number of benzene rings is 4. The highest BCUT2D eigenvalue weighted by molar-refractivity contribution is 6.38. The Bertz CT molecular complexity index is 1270. The van der Waals surface area contributed by atoms with E-state index in [1.165, 1.54) is 11.6 Å². The van der Waals surface area contributed by atoms with E-state index in [9.17, 15) is 4.39 Å². The first kappa shape index (κ1) is 16.1. The molecule has 0 aliphatic rings. The molecule has 1 aromatic heterocycles. The third-order valence-corrected chi connectivity index (χ3v) is 5.22. The van der Waals surface area contributed by atoms with Crippen LogP contribution in [0.1, 0.15) is 0 Å². The van der Waals surface area contributed by atoms with E-state index in [2.05, 4.69) is 41.0 Å². The van der Waals surface area contributed by atoms with Gasteiger partial charge in [0, 0.05) is 16.5 Å². The molecule has 0 unspecified atom stereocenters. The normalized spacial score (nSPS) is 11.3. The molecule has 0 spiro atoms. The number of halogens is 2. The van der Waals surface area contributed by atoms with Gasteiger partial charge >= 0.3 is 0 Å². The van der Waals surface area contributed by atoms with Gasteiger partial charge in [-0.2, -0.15) is 0 Å². The van der Waals surface area contributed by atoms with Crippen LogP contribution in [0.3, 0.4) is 0 Å². The summed E-state index contributed by atoms with van der Waals surface area (Å²) in [5, 5.41) is 2.33. The average Bonchev–Trinajstić information content (AvgIpc) is 3.03. The molecule has 0 amide bonds. The zero-order chi connectivity index (χ0) is 18.4. The lowest BCUT2D eigenvalue weighted by Gasteiger charge is -2.09. The molecule has 0 radical (unpaired) electrons. The Hall–Kier alpha value is -3.10. The van der Waals surface area contributed by atoms with Crippen LogP contribution in [0.15, 0.2) is 91.0 Å². The Morgan fingerprint density at radius 3 is 2.11 bits per heavy atom. The number of rotatable bonds is 2. The monoisotopic (exact) mass is 371 g/mol. The van der Waals surface area contributed by atoms with Gasteiger partial charge in [-0.25, -0.2) is 4.39 Å². The predicted molar refractivity (Wildman–Crippen MR) is 111 cm³/mol. The zero-order valence-electron chi connectivity index (χ0n) is 14.4. The third kappa shape index (κ3) is 2.61. The van der Waals surface area contributed by atoms with Crippen LogP contribution in [-0.4, -0.2) is 4.57 Å². The van der Waals surface area contributed by atoms with Gasteiger partial charge in [-0.1, -0.05) is 72.3 Å². The molecule has 0 aliphatic heterocycles. The predicted octanol–water partition coefficient (Wildman–Crippen LogP) is 7.24. The fourth-order valence-electron chi connectivity index (χ4n) is 3.72. The summed E-state index contributed by atoms with van der Waals surface area (Å²) in [5.74, 6) is -0.336. The summed E-state index contributed by atoms with van der Waals surface area (Å²) in [6, 6.07) is 29.5. The fraction of sp³-hybridized carbons (Fsp3) is 0. The Labute approximate surface area is 161 Å². The van der Waals surface area contributed by atoms with Crippen molar-refractivity contribution in [3.8, 4) is 16.8 Å². The van der Waals surface area contributed by atoms with Crippen LogP contribution in [-0.2, 0) is 0 Å². The number of para-hydroxylation sites is 1. The number of fused-ring (bicyclic) bond motifs is 3. The molecule has 5 aromatic rings. The number of hydrogen-bond acceptors (Lipinski definition) is 0. The van der Waals surface area contributed by atoms with Crippen LogP contribution in [0.5, 0.6) is 0 Å². The first-order valence-electron chi connectivity index (χ1n) is 8.76. The van der Waals surface area contributed by atoms with E-state index in [1.807, 2.05) is 42.5 Å². The molecule has 3 heteroatoms. The van der Waals surface area contributed by atoms with Crippen molar-refractivity contribution in [2.24, 2.45) is 0 Å². The van der Waals surface area contributed by atoms with Crippen molar-refractivity contribution in [3.63, 3.8) is 0 Å². The molecular weight excluding hydrogens is 357 g/mol. The minimum absolute atomic E-state index is 0.336. The highest BCUT2D eigenvalue weighted by Crippen LogP contribution is 2.37. The van der Waals surface area contributed by atoms with Gasteiger partial charge in [0.2, 0.25) is 0 Å². The number of hydrogen-bond donors (Lipinski definition) is 0. The van der Waals surface area contributed by atoms with E-state index in [4.69, 9.17) is 11.6 Å². The van der Waals surface area contributed by atoms with Gasteiger partial charge in [0.25, 0.3) is 0 Å². The lowest BCUT2D eigenvalue weighted by atomic mass is 10.1. The van der Waals surface area contributed by atoms with E-state index >= 15 is 0 Å². The van der Waals surface area contributed by atoms with Crippen molar-refractivity contribution in [2.45, 2.75) is 0 Å². The third-order valence-electron chi connectivity index (χ3n) is 4.92. The summed E-state index contributed by atoms with van der Waals surface area (Å²) in [7, 11) is 0. The van der Waals surface area contributed by atoms with Crippen molar-refractivity contribution in [1.82, 2.24) is 4.57 Å². The van der Waals surface area contributed by atoms with Crippen molar-refractivity contribution in [1.29, 1.82) is 0 Å². The molecule has 0 fully saturated rings. The first-order chi connectivity index (χ1) is 13.2. The van der Waals surface area contributed by atoms with Crippen molar-refractivity contribution >= 4 is 33.4 Å². The Morgan fingerprint density at radius 2 is 1.33 bits per heavy atom. The molecule has 1 nitrogen and oxygen atoms in total. The van der Waals surface area contributed by atoms with Gasteiger partial charge in [0.1, 0.15) is 5.82 Å². The summed E-state index contributed by atoms with van der Waals surface area (Å²) in [4.78, 5) is 0. The smallest absolute Gasteiger partial charge is 0.126 e. The Balaban J connectivity index is 1.77. The number of nitrogens with zero attached hydrogens (tertiary/aromatic N) is 1. The van der Waals surface area contributed by atoms with Crippen molar-refractivity contribution < 1.29 is 4.39 Å². The van der Waals surface area contributed by atoms with E-state index in [-0.39, 0.29) is 5.82 Å². The van der Waals surface area contributed by atoms with E-state index in [0.717, 1.165) is 33.1 Å². The van der Waals surface area contributed by atoms with Gasteiger partial charge in [0.05, 0.1) is 16.1 Å². The minimum Gasteiger partial charge on any atom is -0.309 e. The molecule has 0 atom stereocenters. The Kier molecular flexibility index (Phi) is 3.73. The molecule has 27 heavy (non-hydrogen) atoms. The second-order valence-electron chi connectivity index (χ2n) is 6.55. The summed E-state index contributed by atoms with van der Waals surface area (Å²) in [6.07, 6.45) is 0. The van der Waals surface area contributed by atoms with Crippen LogP contribution in [0.2, 0.25) is 5.02 Å². The molecule has 1 heterocycles. The Morgan fingerprint density at radius 1 is 0.667 bits per heavy atom. The maximum atomic E-state index is 14.1. The topological polar surface area (TPSA) is 4.93 Å². The molecule has 0 aliphatic carbocycles. The fourth-order valence-corrected chi connectivity index (χ4v) is 4.03. The van der Waals surface area contributed by atoms with E-state index in [1.54, 1.807) is 6.07 Å². The lowest BCUT2D eigenvalue weighted by molar-refractivity contribution is 0.629. The molecule has 0 N–H and O–H groups in total. The van der Waals surface area contributed by atoms with E-state index < -0.39 is 0 Å². The largest absolute Gasteiger partial charge is 0.309 e. The maximum Gasteiger partial charge on any atom is 0.126 e. The molecule has 0 bridgehead atoms. The maximum absolute atomic E-state index is 14.1. The van der Waals surface area contributed by atoms with Crippen LogP contribution in [0.4, 0.5) is 4.39 Å². The van der Waals surface area contributed by atoms with Crippen LogP contribution in [0.25, 0.3) is 38.6 Å². The van der Waals surface area contributed by atoms with Crippen LogP contribution >= 0.6 is 11.6 Å². The highest BCUT2D eigenvalue weighted by Gasteiger charge is 2.15. The van der Waals surface area contributed by atoms with Gasteiger partial charge in [-0.05, 0) is 41.5 Å². The summed E-state index contributed by atoms with van der Waals surface area (Å²) >= 11 is 6.39. The van der Waals surface area contributed by atoms with Gasteiger partial charge in [0.15, 0.2) is 0 Å². The van der Waals surface area contributed by atoms with Gasteiger partial charge < -0.3 is 4.57 Å². The summed E-state index contributed by atoms with van der Waals surface area (Å²) < 4.78 is 16.2. The molecule has 0 saturated heterocycles. The minimum atomic E-state index is -0.336. The molecule has 0 saturated carbocycles. The van der Waals surface area contributed by atoms with Crippen molar-refractivity contribution in [3.05, 3.63) is 102 Å². The highest BCUT2D eigenvalue weighted by atomic mass is 35.5. The van der Waals surface area contributed by atoms with Crippen LogP contribution < -0.4 is 0 Å². The standard InChI is InChI=1S/C24H15ClFN/c25-21-14-18(26)15-23-24(21)20-8-4-5-9-22(20)27(23)19-12-10-17(11-13-19)16-6-2-1-3-7-16/h1-15H. The lowest BCUT2D eigenvalue weighted by Crippen LogP contribution is -1.94. The SMILES string of the molecule is Fc1cc(Cl)c2c3ccccc3n(-c3ccc(-c4ccccc4)cc3)c2c1. The summed E-state index contributed by atoms with van der Waals surface area (Å²) in [5.41, 5.74) is 5.06. The van der Waals surface area contributed by atoms with Gasteiger partial charge in [-0.15, -0.1) is 0 Å². The quantitative estimate of drug-likeness (QED) is 0.308. The second kappa shape index (κ2) is 6.26. The first-order valence-corrected chi connectivity index (χ1v) is 9.14. The zero-order valence-corrected chi connectivity index (χ0v) is 15.1. The number of aromatic nitrogens is 1. The van der Waals surface area contributed by atoms with E-state index in [0.29, 0.717) is 5.02 Å². The van der Waals surface area contributed by atoms with Gasteiger partial charge in [-0.3, -0.25) is 0 Å². The van der Waals surface area contributed by atoms with Crippen molar-refractivity contribution in [2.75, 3.05) is 0 Å².